The highest BCUT2D eigenvalue weighted by Crippen LogP contribution is 2.43. The molecule has 0 heterocycles. The van der Waals surface area contributed by atoms with Gasteiger partial charge in [0.1, 0.15) is 0 Å². The van der Waals surface area contributed by atoms with Crippen LogP contribution >= 0.6 is 0 Å². The van der Waals surface area contributed by atoms with Crippen LogP contribution in [0.15, 0.2) is 91.0 Å². The quantitative estimate of drug-likeness (QED) is 0.290. The van der Waals surface area contributed by atoms with E-state index in [-0.39, 0.29) is 0 Å². The van der Waals surface area contributed by atoms with Gasteiger partial charge >= 0.3 is 0 Å². The zero-order valence-corrected chi connectivity index (χ0v) is 14.2. The van der Waals surface area contributed by atoms with Gasteiger partial charge in [0.2, 0.25) is 0 Å². The highest BCUT2D eigenvalue weighted by molar-refractivity contribution is 6.16. The molecule has 0 spiro atoms. The van der Waals surface area contributed by atoms with Crippen molar-refractivity contribution in [1.82, 2.24) is 0 Å². The zero-order valence-electron chi connectivity index (χ0n) is 14.2. The number of benzene rings is 3. The molecule has 25 heavy (non-hydrogen) atoms. The first-order chi connectivity index (χ1) is 12.3. The minimum absolute atomic E-state index is 1.29. The first-order valence-corrected chi connectivity index (χ1v) is 8.73. The topological polar surface area (TPSA) is 0 Å². The van der Waals surface area contributed by atoms with Gasteiger partial charge in [0.15, 0.2) is 0 Å². The molecule has 3 aromatic carbocycles. The van der Waals surface area contributed by atoms with Crippen LogP contribution in [0.1, 0.15) is 5.56 Å². The molecule has 0 unspecified atom stereocenters. The third-order valence-electron chi connectivity index (χ3n) is 5.26. The molecule has 118 valence electrons. The van der Waals surface area contributed by atoms with Crippen LogP contribution in [0.25, 0.3) is 43.8 Å². The smallest absolute Gasteiger partial charge is 0.00204 e. The summed E-state index contributed by atoms with van der Waals surface area (Å²) >= 11 is 0. The molecule has 0 saturated heterocycles. The second kappa shape index (κ2) is 5.46. The molecule has 2 aliphatic carbocycles. The molecular weight excluding hydrogens is 300 g/mol. The lowest BCUT2D eigenvalue weighted by molar-refractivity contribution is 1.58. The summed E-state index contributed by atoms with van der Waals surface area (Å²) < 4.78 is 0. The number of hydrogen-bond acceptors (Lipinski definition) is 0. The minimum atomic E-state index is 1.29. The fourth-order valence-electron chi connectivity index (χ4n) is 4.07. The summed E-state index contributed by atoms with van der Waals surface area (Å²) in [5.41, 5.74) is 6.62. The fraction of sp³-hybridized carbons (Fsp3) is 0.0400. The van der Waals surface area contributed by atoms with Crippen LogP contribution in [0.3, 0.4) is 0 Å². The van der Waals surface area contributed by atoms with Crippen molar-refractivity contribution >= 4 is 21.5 Å². The predicted octanol–water partition coefficient (Wildman–Crippen LogP) is 7.07. The molecule has 3 aromatic rings. The molecule has 5 rings (SSSR count). The molecule has 0 saturated carbocycles. The average molecular weight is 318 g/mol. The average Bonchev–Trinajstić information content (AvgIpc) is 2.90. The lowest BCUT2D eigenvalue weighted by Gasteiger charge is -2.15. The van der Waals surface area contributed by atoms with Crippen molar-refractivity contribution in [3.05, 3.63) is 96.6 Å². The maximum Gasteiger partial charge on any atom is -0.00204 e. The first kappa shape index (κ1) is 14.2. The van der Waals surface area contributed by atoms with Crippen molar-refractivity contribution in [2.75, 3.05) is 0 Å². The van der Waals surface area contributed by atoms with E-state index in [1.54, 1.807) is 0 Å². The highest BCUT2D eigenvalue weighted by Gasteiger charge is 2.17. The van der Waals surface area contributed by atoms with E-state index < -0.39 is 0 Å². The maximum atomic E-state index is 2.27. The van der Waals surface area contributed by atoms with E-state index in [2.05, 4.69) is 97.9 Å². The molecule has 0 aromatic heterocycles. The van der Waals surface area contributed by atoms with Crippen molar-refractivity contribution in [2.24, 2.45) is 0 Å². The number of aryl methyl sites for hydroxylation is 1. The van der Waals surface area contributed by atoms with E-state index in [1.807, 2.05) is 0 Å². The Morgan fingerprint density at radius 2 is 1.00 bits per heavy atom. The van der Waals surface area contributed by atoms with Crippen molar-refractivity contribution in [3.8, 4) is 22.3 Å². The molecule has 0 heteroatoms. The molecule has 0 fully saturated rings. The van der Waals surface area contributed by atoms with Gasteiger partial charge in [0, 0.05) is 0 Å². The Hall–Kier alpha value is -3.12. The van der Waals surface area contributed by atoms with E-state index in [4.69, 9.17) is 0 Å². The van der Waals surface area contributed by atoms with Gasteiger partial charge in [-0.3, -0.25) is 0 Å². The predicted molar refractivity (Wildman–Crippen MR) is 108 cm³/mol. The Kier molecular flexibility index (Phi) is 3.11. The van der Waals surface area contributed by atoms with E-state index in [0.717, 1.165) is 0 Å². The number of fused-ring (bicyclic) bond motifs is 3. The van der Waals surface area contributed by atoms with Crippen LogP contribution < -0.4 is 0 Å². The standard InChI is InChI=1S/C25H18/c1-17-19-10-5-7-13-22(19)25(23-14-8-6-11-20(17)23)24-16-15-18-9-3-2-4-12-21(18)24/h2-16H,1H3. The molecule has 0 atom stereocenters. The van der Waals surface area contributed by atoms with Crippen molar-refractivity contribution < 1.29 is 0 Å². The van der Waals surface area contributed by atoms with Gasteiger partial charge in [-0.05, 0) is 56.3 Å². The van der Waals surface area contributed by atoms with E-state index in [1.165, 1.54) is 49.4 Å². The summed E-state index contributed by atoms with van der Waals surface area (Å²) in [6, 6.07) is 32.8. The van der Waals surface area contributed by atoms with Crippen LogP contribution in [-0.4, -0.2) is 0 Å². The number of rotatable bonds is 1. The normalized spacial score (nSPS) is 11.4. The zero-order chi connectivity index (χ0) is 16.8. The van der Waals surface area contributed by atoms with Crippen molar-refractivity contribution in [2.45, 2.75) is 6.92 Å². The van der Waals surface area contributed by atoms with Crippen LogP contribution in [0.4, 0.5) is 0 Å². The summed E-state index contributed by atoms with van der Waals surface area (Å²) in [5, 5.41) is 5.34. The van der Waals surface area contributed by atoms with Gasteiger partial charge < -0.3 is 0 Å². The highest BCUT2D eigenvalue weighted by atomic mass is 14.2. The third kappa shape index (κ3) is 2.08. The molecule has 0 N–H and O–H groups in total. The van der Waals surface area contributed by atoms with Gasteiger partial charge in [-0.1, -0.05) is 91.0 Å². The van der Waals surface area contributed by atoms with Gasteiger partial charge in [0.25, 0.3) is 0 Å². The van der Waals surface area contributed by atoms with E-state index >= 15 is 0 Å². The monoisotopic (exact) mass is 318 g/mol. The second-order valence-electron chi connectivity index (χ2n) is 6.62. The van der Waals surface area contributed by atoms with Crippen LogP contribution in [0, 0.1) is 6.92 Å². The van der Waals surface area contributed by atoms with Crippen LogP contribution in [-0.2, 0) is 0 Å². The van der Waals surface area contributed by atoms with E-state index in [0.29, 0.717) is 0 Å². The molecule has 2 aliphatic rings. The van der Waals surface area contributed by atoms with Crippen molar-refractivity contribution in [1.29, 1.82) is 0 Å². The molecule has 0 radical (unpaired) electrons. The first-order valence-electron chi connectivity index (χ1n) is 8.73. The molecule has 0 nitrogen and oxygen atoms in total. The largest absolute Gasteiger partial charge is 0.0622 e. The lowest BCUT2D eigenvalue weighted by atomic mass is 9.88. The molecule has 0 bridgehead atoms. The minimum Gasteiger partial charge on any atom is -0.0622 e. The van der Waals surface area contributed by atoms with Gasteiger partial charge in [-0.2, -0.15) is 0 Å². The summed E-state index contributed by atoms with van der Waals surface area (Å²) in [4.78, 5) is 0. The summed E-state index contributed by atoms with van der Waals surface area (Å²) in [6.45, 7) is 2.23. The summed E-state index contributed by atoms with van der Waals surface area (Å²) in [7, 11) is 0. The SMILES string of the molecule is Cc1c2ccccc2c(-c2ccc3cccccc2-3)c2ccccc12. The Morgan fingerprint density at radius 1 is 0.440 bits per heavy atom. The van der Waals surface area contributed by atoms with Gasteiger partial charge in [0.05, 0.1) is 0 Å². The van der Waals surface area contributed by atoms with Crippen LogP contribution in [0.5, 0.6) is 0 Å². The second-order valence-corrected chi connectivity index (χ2v) is 6.62. The van der Waals surface area contributed by atoms with E-state index in [9.17, 15) is 0 Å². The van der Waals surface area contributed by atoms with Crippen LogP contribution in [0.2, 0.25) is 0 Å². The maximum absolute atomic E-state index is 2.27. The molecule has 0 amide bonds. The Bertz CT molecular complexity index is 1140. The summed E-state index contributed by atoms with van der Waals surface area (Å²) in [6.07, 6.45) is 0. The molecular formula is C25H18. The Labute approximate surface area is 147 Å². The molecule has 0 aliphatic heterocycles. The van der Waals surface area contributed by atoms with Gasteiger partial charge in [-0.25, -0.2) is 0 Å². The Morgan fingerprint density at radius 3 is 1.68 bits per heavy atom. The lowest BCUT2D eigenvalue weighted by Crippen LogP contribution is -1.89. The van der Waals surface area contributed by atoms with Gasteiger partial charge in [-0.15, -0.1) is 0 Å². The summed E-state index contributed by atoms with van der Waals surface area (Å²) in [5.74, 6) is 0. The third-order valence-corrected chi connectivity index (χ3v) is 5.26. The number of hydrogen-bond donors (Lipinski definition) is 0. The van der Waals surface area contributed by atoms with Crippen molar-refractivity contribution in [3.63, 3.8) is 0 Å². The fourth-order valence-corrected chi connectivity index (χ4v) is 4.07. The Balaban J connectivity index is 2.00.